The van der Waals surface area contributed by atoms with Gasteiger partial charge in [0, 0.05) is 25.3 Å². The van der Waals surface area contributed by atoms with E-state index in [1.165, 1.54) is 18.3 Å². The predicted octanol–water partition coefficient (Wildman–Crippen LogP) is 1.66. The largest absolute Gasteiger partial charge is 0.478 e. The molecule has 0 bridgehead atoms. The van der Waals surface area contributed by atoms with Crippen molar-refractivity contribution in [3.8, 4) is 0 Å². The number of carbonyl (C=O) groups excluding carboxylic acids is 1. The number of nitrogens with zero attached hydrogens (tertiary/aromatic N) is 2. The van der Waals surface area contributed by atoms with Gasteiger partial charge in [0.2, 0.25) is 0 Å². The van der Waals surface area contributed by atoms with Gasteiger partial charge in [-0.3, -0.25) is 0 Å². The quantitative estimate of drug-likeness (QED) is 0.804. The summed E-state index contributed by atoms with van der Waals surface area (Å²) in [6.07, 6.45) is 4.24. The molecule has 22 heavy (non-hydrogen) atoms. The highest BCUT2D eigenvalue weighted by atomic mass is 16.5. The Morgan fingerprint density at radius 3 is 3.14 bits per heavy atom. The van der Waals surface area contributed by atoms with Crippen LogP contribution in [0.1, 0.15) is 23.2 Å². The van der Waals surface area contributed by atoms with Crippen LogP contribution in [0.15, 0.2) is 31.0 Å². The van der Waals surface area contributed by atoms with E-state index >= 15 is 0 Å². The molecule has 1 aliphatic heterocycles. The fourth-order valence-corrected chi connectivity index (χ4v) is 2.37. The lowest BCUT2D eigenvalue weighted by molar-refractivity contribution is 0.0696. The van der Waals surface area contributed by atoms with E-state index < -0.39 is 12.1 Å². The number of amides is 1. The smallest absolute Gasteiger partial charge is 0.407 e. The maximum Gasteiger partial charge on any atom is 0.407 e. The number of pyridine rings is 1. The maximum atomic E-state index is 11.6. The van der Waals surface area contributed by atoms with Crippen molar-refractivity contribution in [3.63, 3.8) is 0 Å². The van der Waals surface area contributed by atoms with E-state index in [1.807, 2.05) is 4.90 Å². The molecule has 7 nitrogen and oxygen atoms in total. The van der Waals surface area contributed by atoms with Gasteiger partial charge in [0.05, 0.1) is 5.56 Å². The molecular formula is C15H19N3O4. The van der Waals surface area contributed by atoms with Gasteiger partial charge in [-0.25, -0.2) is 14.6 Å². The van der Waals surface area contributed by atoms with Crippen LogP contribution in [0.5, 0.6) is 0 Å². The summed E-state index contributed by atoms with van der Waals surface area (Å²) in [6.45, 7) is 5.00. The summed E-state index contributed by atoms with van der Waals surface area (Å²) in [7, 11) is 0. The Balaban J connectivity index is 1.98. The topological polar surface area (TPSA) is 91.8 Å². The lowest BCUT2D eigenvalue weighted by Gasteiger charge is -2.33. The van der Waals surface area contributed by atoms with Crippen LogP contribution in [0.2, 0.25) is 0 Å². The molecule has 0 radical (unpaired) electrons. The minimum Gasteiger partial charge on any atom is -0.478 e. The van der Waals surface area contributed by atoms with Crippen LogP contribution in [-0.4, -0.2) is 47.9 Å². The van der Waals surface area contributed by atoms with Crippen molar-refractivity contribution in [2.24, 2.45) is 0 Å². The third-order valence-electron chi connectivity index (χ3n) is 3.39. The Hall–Kier alpha value is -2.57. The molecule has 1 fully saturated rings. The summed E-state index contributed by atoms with van der Waals surface area (Å²) in [4.78, 5) is 28.8. The Morgan fingerprint density at radius 2 is 2.41 bits per heavy atom. The highest BCUT2D eigenvalue weighted by molar-refractivity contribution is 5.88. The van der Waals surface area contributed by atoms with Crippen molar-refractivity contribution in [2.75, 3.05) is 24.6 Å². The molecule has 1 amide bonds. The SMILES string of the molecule is C=CCOC(=O)NC1CCCN(c2cc(C(=O)O)ccn2)C1. The summed E-state index contributed by atoms with van der Waals surface area (Å²) in [5.41, 5.74) is 0.200. The van der Waals surface area contributed by atoms with Crippen LogP contribution in [-0.2, 0) is 4.74 Å². The minimum absolute atomic E-state index is 0.0543. The number of piperidine rings is 1. The van der Waals surface area contributed by atoms with Crippen LogP contribution in [0.3, 0.4) is 0 Å². The van der Waals surface area contributed by atoms with Crippen molar-refractivity contribution in [3.05, 3.63) is 36.5 Å². The van der Waals surface area contributed by atoms with E-state index in [0.717, 1.165) is 19.4 Å². The average Bonchev–Trinajstić information content (AvgIpc) is 2.53. The lowest BCUT2D eigenvalue weighted by atomic mass is 10.1. The van der Waals surface area contributed by atoms with E-state index in [9.17, 15) is 9.59 Å². The first-order valence-corrected chi connectivity index (χ1v) is 7.08. The third kappa shape index (κ3) is 4.21. The number of nitrogens with one attached hydrogen (secondary N) is 1. The number of carbonyl (C=O) groups is 2. The fourth-order valence-electron chi connectivity index (χ4n) is 2.37. The summed E-state index contributed by atoms with van der Waals surface area (Å²) in [5.74, 6) is -0.380. The summed E-state index contributed by atoms with van der Waals surface area (Å²) in [6, 6.07) is 2.94. The van der Waals surface area contributed by atoms with Gasteiger partial charge >= 0.3 is 12.1 Å². The van der Waals surface area contributed by atoms with Gasteiger partial charge < -0.3 is 20.1 Å². The molecule has 118 valence electrons. The highest BCUT2D eigenvalue weighted by Gasteiger charge is 2.23. The molecule has 1 aromatic heterocycles. The van der Waals surface area contributed by atoms with Crippen molar-refractivity contribution in [1.82, 2.24) is 10.3 Å². The molecule has 1 aromatic rings. The van der Waals surface area contributed by atoms with Gasteiger partial charge in [0.15, 0.2) is 0 Å². The van der Waals surface area contributed by atoms with Crippen LogP contribution in [0.4, 0.5) is 10.6 Å². The zero-order valence-electron chi connectivity index (χ0n) is 12.2. The number of rotatable bonds is 5. The van der Waals surface area contributed by atoms with Gasteiger partial charge in [-0.15, -0.1) is 0 Å². The number of ether oxygens (including phenoxy) is 1. The molecular weight excluding hydrogens is 286 g/mol. The fraction of sp³-hybridized carbons (Fsp3) is 0.400. The zero-order chi connectivity index (χ0) is 15.9. The lowest BCUT2D eigenvalue weighted by Crippen LogP contribution is -2.48. The summed E-state index contributed by atoms with van der Waals surface area (Å²) in [5, 5.41) is 11.8. The molecule has 1 atom stereocenters. The second-order valence-corrected chi connectivity index (χ2v) is 5.02. The van der Waals surface area contributed by atoms with Crippen molar-refractivity contribution in [2.45, 2.75) is 18.9 Å². The van der Waals surface area contributed by atoms with Crippen LogP contribution in [0.25, 0.3) is 0 Å². The standard InChI is InChI=1S/C15H19N3O4/c1-2-8-22-15(21)17-12-4-3-7-18(10-12)13-9-11(14(19)20)5-6-16-13/h2,5-6,9,12H,1,3-4,7-8,10H2,(H,17,21)(H,19,20). The number of alkyl carbamates (subject to hydrolysis) is 1. The van der Waals surface area contributed by atoms with E-state index in [0.29, 0.717) is 12.4 Å². The average molecular weight is 305 g/mol. The van der Waals surface area contributed by atoms with Gasteiger partial charge in [0.25, 0.3) is 0 Å². The van der Waals surface area contributed by atoms with Crippen LogP contribution in [0, 0.1) is 0 Å². The third-order valence-corrected chi connectivity index (χ3v) is 3.39. The first-order valence-electron chi connectivity index (χ1n) is 7.08. The molecule has 2 rings (SSSR count). The number of carboxylic acid groups (broad SMARTS) is 1. The number of anilines is 1. The Bertz CT molecular complexity index is 561. The molecule has 2 N–H and O–H groups in total. The molecule has 0 spiro atoms. The number of carboxylic acids is 1. The van der Waals surface area contributed by atoms with E-state index in [-0.39, 0.29) is 18.2 Å². The second-order valence-electron chi connectivity index (χ2n) is 5.02. The molecule has 1 aliphatic rings. The second kappa shape index (κ2) is 7.44. The van der Waals surface area contributed by atoms with E-state index in [2.05, 4.69) is 16.9 Å². The van der Waals surface area contributed by atoms with Gasteiger partial charge in [-0.2, -0.15) is 0 Å². The van der Waals surface area contributed by atoms with Gasteiger partial charge in [0.1, 0.15) is 12.4 Å². The maximum absolute atomic E-state index is 11.6. The Labute approximate surface area is 128 Å². The van der Waals surface area contributed by atoms with Crippen molar-refractivity contribution < 1.29 is 19.4 Å². The molecule has 7 heteroatoms. The number of hydrogen-bond donors (Lipinski definition) is 2. The van der Waals surface area contributed by atoms with Crippen molar-refractivity contribution >= 4 is 17.9 Å². The molecule has 0 saturated carbocycles. The molecule has 0 aliphatic carbocycles. The predicted molar refractivity (Wildman–Crippen MR) is 81.1 cm³/mol. The van der Waals surface area contributed by atoms with Crippen LogP contribution >= 0.6 is 0 Å². The summed E-state index contributed by atoms with van der Waals surface area (Å²) < 4.78 is 4.91. The number of aromatic nitrogens is 1. The summed E-state index contributed by atoms with van der Waals surface area (Å²) >= 11 is 0. The Morgan fingerprint density at radius 1 is 1.59 bits per heavy atom. The normalized spacial score (nSPS) is 17.6. The monoisotopic (exact) mass is 305 g/mol. The van der Waals surface area contributed by atoms with Crippen LogP contribution < -0.4 is 10.2 Å². The van der Waals surface area contributed by atoms with Gasteiger partial charge in [-0.05, 0) is 25.0 Å². The highest BCUT2D eigenvalue weighted by Crippen LogP contribution is 2.19. The molecule has 1 unspecified atom stereocenters. The molecule has 1 saturated heterocycles. The minimum atomic E-state index is -0.983. The Kier molecular flexibility index (Phi) is 5.35. The molecule has 2 heterocycles. The molecule has 0 aromatic carbocycles. The van der Waals surface area contributed by atoms with E-state index in [4.69, 9.17) is 9.84 Å². The zero-order valence-corrected chi connectivity index (χ0v) is 12.2. The number of aromatic carboxylic acids is 1. The first kappa shape index (κ1) is 15.8. The van der Waals surface area contributed by atoms with Crippen molar-refractivity contribution in [1.29, 1.82) is 0 Å². The first-order chi connectivity index (χ1) is 10.6. The number of hydrogen-bond acceptors (Lipinski definition) is 5. The van der Waals surface area contributed by atoms with Gasteiger partial charge in [-0.1, -0.05) is 12.7 Å². The van der Waals surface area contributed by atoms with E-state index in [1.54, 1.807) is 6.07 Å².